The zero-order valence-electron chi connectivity index (χ0n) is 10.7. The number of esters is 1. The monoisotopic (exact) mass is 339 g/mol. The van der Waals surface area contributed by atoms with E-state index in [9.17, 15) is 22.4 Å². The molecule has 1 aromatic carbocycles. The van der Waals surface area contributed by atoms with E-state index in [0.717, 1.165) is 25.3 Å². The first-order valence-corrected chi connectivity index (χ1v) is 7.30. The third-order valence-corrected chi connectivity index (χ3v) is 4.12. The van der Waals surface area contributed by atoms with Crippen LogP contribution in [0.1, 0.15) is 6.42 Å². The van der Waals surface area contributed by atoms with Gasteiger partial charge in [0.1, 0.15) is 16.8 Å². The van der Waals surface area contributed by atoms with E-state index in [4.69, 9.17) is 16.7 Å². The lowest BCUT2D eigenvalue weighted by Gasteiger charge is -2.14. The number of sulfonamides is 1. The summed E-state index contributed by atoms with van der Waals surface area (Å²) in [4.78, 5) is 21.2. The lowest BCUT2D eigenvalue weighted by atomic mass is 10.2. The number of benzene rings is 1. The van der Waals surface area contributed by atoms with Gasteiger partial charge in [0.05, 0.1) is 13.5 Å². The molecule has 7 nitrogen and oxygen atoms in total. The fraction of sp³-hybridized carbons (Fsp3) is 0.273. The predicted octanol–water partition coefficient (Wildman–Crippen LogP) is 0.774. The lowest BCUT2D eigenvalue weighted by Crippen LogP contribution is -2.42. The minimum absolute atomic E-state index is 0.0178. The van der Waals surface area contributed by atoms with Crippen molar-refractivity contribution in [3.8, 4) is 0 Å². The fourth-order valence-electron chi connectivity index (χ4n) is 1.37. The van der Waals surface area contributed by atoms with Gasteiger partial charge in [-0.05, 0) is 18.2 Å². The van der Waals surface area contributed by atoms with Crippen LogP contribution < -0.4 is 4.72 Å². The molecule has 1 aromatic rings. The summed E-state index contributed by atoms with van der Waals surface area (Å²) in [6.07, 6.45) is -0.736. The largest absolute Gasteiger partial charge is 0.480 e. The molecule has 116 valence electrons. The summed E-state index contributed by atoms with van der Waals surface area (Å²) in [5.74, 6) is -3.67. The Morgan fingerprint density at radius 1 is 1.48 bits per heavy atom. The van der Waals surface area contributed by atoms with Crippen molar-refractivity contribution in [3.05, 3.63) is 29.0 Å². The topological polar surface area (TPSA) is 110 Å². The van der Waals surface area contributed by atoms with Crippen molar-refractivity contribution in [2.24, 2.45) is 0 Å². The van der Waals surface area contributed by atoms with Crippen molar-refractivity contribution in [2.45, 2.75) is 17.4 Å². The van der Waals surface area contributed by atoms with Crippen LogP contribution >= 0.6 is 11.6 Å². The molecule has 0 aromatic heterocycles. The van der Waals surface area contributed by atoms with E-state index in [0.29, 0.717) is 0 Å². The molecular formula is C11H11ClFNO6S. The Bertz CT molecular complexity index is 663. The average molecular weight is 340 g/mol. The third kappa shape index (κ3) is 4.66. The molecule has 0 spiro atoms. The SMILES string of the molecule is COC(=O)C[C@H](NS(=O)(=O)c1ccc(Cl)cc1F)C(=O)O. The maximum Gasteiger partial charge on any atom is 0.322 e. The molecule has 0 heterocycles. The summed E-state index contributed by atoms with van der Waals surface area (Å²) < 4.78 is 43.4. The highest BCUT2D eigenvalue weighted by Crippen LogP contribution is 2.19. The predicted molar refractivity (Wildman–Crippen MR) is 69.8 cm³/mol. The molecule has 1 rings (SSSR count). The van der Waals surface area contributed by atoms with Gasteiger partial charge in [0.2, 0.25) is 10.0 Å². The fourth-order valence-corrected chi connectivity index (χ4v) is 2.78. The molecule has 2 N–H and O–H groups in total. The number of carbonyl (C=O) groups is 2. The lowest BCUT2D eigenvalue weighted by molar-refractivity contribution is -0.147. The van der Waals surface area contributed by atoms with Crippen molar-refractivity contribution in [1.29, 1.82) is 0 Å². The standard InChI is InChI=1S/C11H11ClFNO6S/c1-20-10(15)5-8(11(16)17)14-21(18,19)9-3-2-6(12)4-7(9)13/h2-4,8,14H,5H2,1H3,(H,16,17)/t8-/m0/s1. The number of carboxylic acids is 1. The van der Waals surface area contributed by atoms with Crippen LogP contribution in [0.5, 0.6) is 0 Å². The summed E-state index contributed by atoms with van der Waals surface area (Å²) in [5.41, 5.74) is 0. The molecule has 0 saturated carbocycles. The van der Waals surface area contributed by atoms with Gasteiger partial charge < -0.3 is 9.84 Å². The Morgan fingerprint density at radius 3 is 2.57 bits per heavy atom. The van der Waals surface area contributed by atoms with Crippen molar-refractivity contribution < 1.29 is 32.2 Å². The molecule has 0 radical (unpaired) electrons. The van der Waals surface area contributed by atoms with Crippen molar-refractivity contribution in [1.82, 2.24) is 4.72 Å². The molecule has 0 bridgehead atoms. The van der Waals surface area contributed by atoms with Gasteiger partial charge in [0.25, 0.3) is 0 Å². The Kier molecular flexibility index (Phi) is 5.64. The molecule has 0 aliphatic rings. The minimum Gasteiger partial charge on any atom is -0.480 e. The Balaban J connectivity index is 3.06. The number of aliphatic carboxylic acids is 1. The molecule has 1 atom stereocenters. The minimum atomic E-state index is -4.48. The number of methoxy groups -OCH3 is 1. The Hall–Kier alpha value is -1.71. The number of ether oxygens (including phenoxy) is 1. The first kappa shape index (κ1) is 17.3. The van der Waals surface area contributed by atoms with Crippen LogP contribution in [0.4, 0.5) is 4.39 Å². The van der Waals surface area contributed by atoms with Crippen LogP contribution in [-0.2, 0) is 24.3 Å². The van der Waals surface area contributed by atoms with Crippen molar-refractivity contribution >= 4 is 33.6 Å². The van der Waals surface area contributed by atoms with Gasteiger partial charge in [-0.3, -0.25) is 9.59 Å². The van der Waals surface area contributed by atoms with Gasteiger partial charge in [-0.1, -0.05) is 11.6 Å². The molecule has 0 fully saturated rings. The quantitative estimate of drug-likeness (QED) is 0.741. The summed E-state index contributed by atoms with van der Waals surface area (Å²) in [5, 5.41) is 8.87. The summed E-state index contributed by atoms with van der Waals surface area (Å²) in [6.45, 7) is 0. The zero-order valence-corrected chi connectivity index (χ0v) is 12.2. The zero-order chi connectivity index (χ0) is 16.2. The summed E-state index contributed by atoms with van der Waals surface area (Å²) in [6, 6.07) is 1.01. The number of carbonyl (C=O) groups excluding carboxylic acids is 1. The van der Waals surface area contributed by atoms with Crippen LogP contribution in [0.25, 0.3) is 0 Å². The maximum atomic E-state index is 13.6. The van der Waals surface area contributed by atoms with Gasteiger partial charge >= 0.3 is 11.9 Å². The molecule has 0 aliphatic heterocycles. The van der Waals surface area contributed by atoms with Gasteiger partial charge in [-0.25, -0.2) is 12.8 Å². The van der Waals surface area contributed by atoms with Gasteiger partial charge in [-0.2, -0.15) is 4.72 Å². The van der Waals surface area contributed by atoms with Crippen molar-refractivity contribution in [3.63, 3.8) is 0 Å². The summed E-state index contributed by atoms with van der Waals surface area (Å²) in [7, 11) is -3.46. The van der Waals surface area contributed by atoms with Crippen LogP contribution in [-0.4, -0.2) is 38.6 Å². The molecule has 21 heavy (non-hydrogen) atoms. The average Bonchev–Trinajstić information content (AvgIpc) is 2.36. The molecule has 0 amide bonds. The highest BCUT2D eigenvalue weighted by molar-refractivity contribution is 7.89. The van der Waals surface area contributed by atoms with E-state index >= 15 is 0 Å². The number of carboxylic acid groups (broad SMARTS) is 1. The second kappa shape index (κ2) is 6.83. The number of hydrogen-bond acceptors (Lipinski definition) is 5. The highest BCUT2D eigenvalue weighted by Gasteiger charge is 2.29. The normalized spacial score (nSPS) is 12.7. The Labute approximate surface area is 124 Å². The molecule has 0 aliphatic carbocycles. The van der Waals surface area contributed by atoms with E-state index in [-0.39, 0.29) is 5.02 Å². The van der Waals surface area contributed by atoms with Gasteiger partial charge in [0.15, 0.2) is 0 Å². The second-order valence-electron chi connectivity index (χ2n) is 3.87. The van der Waals surface area contributed by atoms with Crippen LogP contribution in [0.15, 0.2) is 23.1 Å². The summed E-state index contributed by atoms with van der Waals surface area (Å²) >= 11 is 5.50. The molecule has 0 unspecified atom stereocenters. The number of nitrogens with one attached hydrogen (secondary N) is 1. The third-order valence-electron chi connectivity index (χ3n) is 2.38. The van der Waals surface area contributed by atoms with E-state index in [1.165, 1.54) is 0 Å². The smallest absolute Gasteiger partial charge is 0.322 e. The number of halogens is 2. The molecule has 0 saturated heterocycles. The van der Waals surface area contributed by atoms with E-state index in [2.05, 4.69) is 4.74 Å². The molecule has 10 heteroatoms. The number of hydrogen-bond donors (Lipinski definition) is 2. The number of rotatable bonds is 6. The maximum absolute atomic E-state index is 13.6. The second-order valence-corrected chi connectivity index (χ2v) is 5.99. The highest BCUT2D eigenvalue weighted by atomic mass is 35.5. The van der Waals surface area contributed by atoms with E-state index in [1.807, 2.05) is 0 Å². The van der Waals surface area contributed by atoms with Gasteiger partial charge in [-0.15, -0.1) is 0 Å². The molecular weight excluding hydrogens is 329 g/mol. The van der Waals surface area contributed by atoms with Crippen LogP contribution in [0.2, 0.25) is 5.02 Å². The van der Waals surface area contributed by atoms with Crippen LogP contribution in [0, 0.1) is 5.82 Å². The van der Waals surface area contributed by atoms with Gasteiger partial charge in [0, 0.05) is 5.02 Å². The first-order valence-electron chi connectivity index (χ1n) is 5.44. The van der Waals surface area contributed by atoms with E-state index in [1.54, 1.807) is 4.72 Å². The first-order chi connectivity index (χ1) is 9.67. The Morgan fingerprint density at radius 2 is 2.10 bits per heavy atom. The van der Waals surface area contributed by atoms with Crippen LogP contribution in [0.3, 0.4) is 0 Å². The van der Waals surface area contributed by atoms with Crippen molar-refractivity contribution in [2.75, 3.05) is 7.11 Å². The van der Waals surface area contributed by atoms with E-state index < -0.39 is 45.1 Å².